The van der Waals surface area contributed by atoms with Crippen molar-refractivity contribution in [2.75, 3.05) is 19.3 Å². The van der Waals surface area contributed by atoms with Gasteiger partial charge in [-0.05, 0) is 60.9 Å². The first kappa shape index (κ1) is 29.5. The van der Waals surface area contributed by atoms with E-state index >= 15 is 4.39 Å². The standard InChI is InChI=1S/C26H24ClF5N2O6S/c1-41(37,38)34(40-24(36)26(30,31)32)23(35)19-7-18(14-2-3-14)22(8-21(19)29)39-17-9-25(10-17)12-33(13-25)11-15-4-5-16(28)6-20(15)27/h4-8,14,17H,2-3,9-13H2,1H3. The fourth-order valence-corrected chi connectivity index (χ4v) is 6.20. The summed E-state index contributed by atoms with van der Waals surface area (Å²) < 4.78 is 95.5. The predicted octanol–water partition coefficient (Wildman–Crippen LogP) is 4.96. The van der Waals surface area contributed by atoms with Gasteiger partial charge in [-0.1, -0.05) is 22.1 Å². The van der Waals surface area contributed by atoms with Gasteiger partial charge in [-0.15, -0.1) is 0 Å². The summed E-state index contributed by atoms with van der Waals surface area (Å²) in [7, 11) is -4.85. The van der Waals surface area contributed by atoms with Crippen LogP contribution in [-0.4, -0.2) is 61.3 Å². The van der Waals surface area contributed by atoms with E-state index in [-0.39, 0.29) is 23.2 Å². The highest BCUT2D eigenvalue weighted by atomic mass is 35.5. The monoisotopic (exact) mass is 622 g/mol. The Labute approximate surface area is 236 Å². The third-order valence-corrected chi connectivity index (χ3v) is 8.55. The second-order valence-corrected chi connectivity index (χ2v) is 13.0. The van der Waals surface area contributed by atoms with Gasteiger partial charge in [0.1, 0.15) is 17.4 Å². The van der Waals surface area contributed by atoms with Crippen molar-refractivity contribution in [2.24, 2.45) is 5.41 Å². The molecule has 0 atom stereocenters. The van der Waals surface area contributed by atoms with Crippen molar-refractivity contribution in [2.45, 2.75) is 50.4 Å². The van der Waals surface area contributed by atoms with Crippen molar-refractivity contribution < 1.29 is 49.5 Å². The molecule has 3 aliphatic rings. The van der Waals surface area contributed by atoms with Gasteiger partial charge in [0.25, 0.3) is 10.0 Å². The molecule has 0 bridgehead atoms. The second-order valence-electron chi connectivity index (χ2n) is 10.8. The van der Waals surface area contributed by atoms with Gasteiger partial charge >= 0.3 is 18.1 Å². The Morgan fingerprint density at radius 2 is 1.78 bits per heavy atom. The van der Waals surface area contributed by atoms with Crippen molar-refractivity contribution in [1.29, 1.82) is 0 Å². The van der Waals surface area contributed by atoms with E-state index in [1.165, 1.54) is 12.1 Å². The number of rotatable bonds is 7. The zero-order valence-corrected chi connectivity index (χ0v) is 23.1. The van der Waals surface area contributed by atoms with E-state index in [9.17, 15) is 35.6 Å². The fraction of sp³-hybridized carbons (Fsp3) is 0.462. The highest BCUT2D eigenvalue weighted by molar-refractivity contribution is 7.88. The number of ether oxygens (including phenoxy) is 1. The minimum atomic E-state index is -5.59. The lowest BCUT2D eigenvalue weighted by Gasteiger charge is -2.58. The van der Waals surface area contributed by atoms with Crippen LogP contribution in [0.1, 0.15) is 53.1 Å². The summed E-state index contributed by atoms with van der Waals surface area (Å²) >= 11 is 6.12. The lowest BCUT2D eigenvalue weighted by atomic mass is 9.61. The molecule has 8 nitrogen and oxygen atoms in total. The molecule has 0 N–H and O–H groups in total. The lowest BCUT2D eigenvalue weighted by molar-refractivity contribution is -0.216. The largest absolute Gasteiger partial charge is 0.493 e. The molecule has 2 aliphatic carbocycles. The van der Waals surface area contributed by atoms with Gasteiger partial charge in [0.05, 0.1) is 17.9 Å². The van der Waals surface area contributed by atoms with Gasteiger partial charge in [-0.2, -0.15) is 13.2 Å². The van der Waals surface area contributed by atoms with Crippen LogP contribution in [0.25, 0.3) is 0 Å². The first-order chi connectivity index (χ1) is 19.0. The average molecular weight is 623 g/mol. The smallest absolute Gasteiger partial charge is 0.490 e. The number of amides is 1. The number of halogens is 6. The minimum absolute atomic E-state index is 0.0176. The number of hydroxylamine groups is 1. The van der Waals surface area contributed by atoms with Crippen LogP contribution in [0.2, 0.25) is 5.02 Å². The Morgan fingerprint density at radius 3 is 2.34 bits per heavy atom. The van der Waals surface area contributed by atoms with Crippen LogP contribution >= 0.6 is 11.6 Å². The first-order valence-corrected chi connectivity index (χ1v) is 14.8. The van der Waals surface area contributed by atoms with Crippen LogP contribution in [0.15, 0.2) is 30.3 Å². The van der Waals surface area contributed by atoms with Crippen molar-refractivity contribution in [3.8, 4) is 5.75 Å². The molecule has 2 saturated carbocycles. The SMILES string of the molecule is CS(=O)(=O)N(OC(=O)C(F)(F)F)C(=O)c1cc(C2CC2)c(OC2CC3(C2)CN(Cc2ccc(F)cc2Cl)C3)cc1F. The maximum Gasteiger partial charge on any atom is 0.493 e. The maximum absolute atomic E-state index is 15.1. The summed E-state index contributed by atoms with van der Waals surface area (Å²) in [6.07, 6.45) is -2.76. The van der Waals surface area contributed by atoms with Gasteiger partial charge in [0.15, 0.2) is 0 Å². The number of alkyl halides is 3. The van der Waals surface area contributed by atoms with E-state index < -0.39 is 49.7 Å². The summed E-state index contributed by atoms with van der Waals surface area (Å²) in [4.78, 5) is 30.0. The van der Waals surface area contributed by atoms with Crippen LogP contribution < -0.4 is 4.74 Å². The first-order valence-electron chi connectivity index (χ1n) is 12.5. The molecule has 0 unspecified atom stereocenters. The number of hydrogen-bond acceptors (Lipinski definition) is 7. The molecule has 15 heteroatoms. The third-order valence-electron chi connectivity index (χ3n) is 7.35. The van der Waals surface area contributed by atoms with Gasteiger partial charge < -0.3 is 9.57 Å². The van der Waals surface area contributed by atoms with Crippen LogP contribution in [0.5, 0.6) is 5.75 Å². The average Bonchev–Trinajstić information content (AvgIpc) is 3.64. The van der Waals surface area contributed by atoms with Gasteiger partial charge in [0.2, 0.25) is 0 Å². The maximum atomic E-state index is 15.1. The van der Waals surface area contributed by atoms with Crippen LogP contribution in [0.3, 0.4) is 0 Å². The molecule has 1 saturated heterocycles. The van der Waals surface area contributed by atoms with Crippen LogP contribution in [-0.2, 0) is 26.2 Å². The highest BCUT2D eigenvalue weighted by Gasteiger charge is 2.53. The number of nitrogens with zero attached hydrogens (tertiary/aromatic N) is 2. The lowest BCUT2D eigenvalue weighted by Crippen LogP contribution is -2.64. The summed E-state index contributed by atoms with van der Waals surface area (Å²) in [5.41, 5.74) is 0.368. The van der Waals surface area contributed by atoms with Crippen molar-refractivity contribution in [3.63, 3.8) is 0 Å². The molecule has 1 heterocycles. The summed E-state index contributed by atoms with van der Waals surface area (Å²) in [5.74, 6) is -6.34. The second kappa shape index (κ2) is 10.4. The van der Waals surface area contributed by atoms with Gasteiger partial charge in [-0.25, -0.2) is 22.0 Å². The Morgan fingerprint density at radius 1 is 1.12 bits per heavy atom. The normalized spacial score (nSPS) is 18.9. The van der Waals surface area contributed by atoms with Crippen LogP contribution in [0, 0.1) is 17.0 Å². The van der Waals surface area contributed by atoms with E-state index in [0.717, 1.165) is 30.8 Å². The highest BCUT2D eigenvalue weighted by Crippen LogP contribution is 2.52. The molecule has 2 aromatic rings. The van der Waals surface area contributed by atoms with Crippen molar-refractivity contribution in [3.05, 3.63) is 63.7 Å². The Hall–Kier alpha value is -2.97. The Kier molecular flexibility index (Phi) is 7.48. The summed E-state index contributed by atoms with van der Waals surface area (Å²) in [6.45, 7) is 2.12. The Bertz CT molecular complexity index is 1500. The number of carbonyl (C=O) groups is 2. The fourth-order valence-electron chi connectivity index (χ4n) is 5.37. The summed E-state index contributed by atoms with van der Waals surface area (Å²) in [6, 6.07) is 6.21. The molecule has 1 spiro atoms. The number of sulfonamides is 1. The topological polar surface area (TPSA) is 93.2 Å². The molecular formula is C26H24ClF5N2O6S. The predicted molar refractivity (Wildman–Crippen MR) is 134 cm³/mol. The molecule has 5 rings (SSSR count). The molecule has 3 fully saturated rings. The molecule has 0 radical (unpaired) electrons. The summed E-state index contributed by atoms with van der Waals surface area (Å²) in [5, 5.41) is 0.357. The third kappa shape index (κ3) is 6.28. The van der Waals surface area contributed by atoms with Gasteiger partial charge in [-0.3, -0.25) is 9.69 Å². The zero-order valence-electron chi connectivity index (χ0n) is 21.5. The molecule has 2 aromatic carbocycles. The number of hydrogen-bond donors (Lipinski definition) is 0. The van der Waals surface area contributed by atoms with Crippen LogP contribution in [0.4, 0.5) is 22.0 Å². The van der Waals surface area contributed by atoms with E-state index in [1.807, 2.05) is 0 Å². The molecule has 1 aliphatic heterocycles. The quantitative estimate of drug-likeness (QED) is 0.318. The number of carbonyl (C=O) groups excluding carboxylic acids is 2. The van der Waals surface area contributed by atoms with E-state index in [4.69, 9.17) is 16.3 Å². The molecule has 1 amide bonds. The minimum Gasteiger partial charge on any atom is -0.490 e. The van der Waals surface area contributed by atoms with Crippen molar-refractivity contribution in [1.82, 2.24) is 9.37 Å². The Balaban J connectivity index is 1.25. The van der Waals surface area contributed by atoms with E-state index in [1.54, 1.807) is 6.07 Å². The molecule has 222 valence electrons. The van der Waals surface area contributed by atoms with Crippen molar-refractivity contribution >= 4 is 33.5 Å². The van der Waals surface area contributed by atoms with E-state index in [2.05, 4.69) is 9.74 Å². The molecular weight excluding hydrogens is 599 g/mol. The zero-order chi connectivity index (χ0) is 29.9. The number of likely N-dealkylation sites (tertiary alicyclic amines) is 1. The molecule has 0 aromatic heterocycles. The molecule has 41 heavy (non-hydrogen) atoms. The van der Waals surface area contributed by atoms with Gasteiger partial charge in [0, 0.05) is 36.1 Å². The number of benzene rings is 2. The van der Waals surface area contributed by atoms with E-state index in [0.29, 0.717) is 49.1 Å².